The van der Waals surface area contributed by atoms with Crippen molar-refractivity contribution in [3.63, 3.8) is 0 Å². The monoisotopic (exact) mass is 363 g/mol. The van der Waals surface area contributed by atoms with Crippen molar-refractivity contribution < 1.29 is 9.59 Å². The Hall–Kier alpha value is -2.65. The SMILES string of the molecule is Cc1cccc(N2C(=O)C[C@@H](Sc3nc4c(cc3C#N)CCC4)C2=O)c1. The van der Waals surface area contributed by atoms with Gasteiger partial charge in [0, 0.05) is 12.1 Å². The van der Waals surface area contributed by atoms with E-state index < -0.39 is 5.25 Å². The number of thioether (sulfide) groups is 1. The highest BCUT2D eigenvalue weighted by molar-refractivity contribution is 8.00. The van der Waals surface area contributed by atoms with Gasteiger partial charge < -0.3 is 0 Å². The van der Waals surface area contributed by atoms with Gasteiger partial charge >= 0.3 is 0 Å². The van der Waals surface area contributed by atoms with Crippen LogP contribution in [0.3, 0.4) is 0 Å². The van der Waals surface area contributed by atoms with Crippen LogP contribution in [0.25, 0.3) is 0 Å². The number of carbonyl (C=O) groups excluding carboxylic acids is 2. The summed E-state index contributed by atoms with van der Waals surface area (Å²) in [5.41, 5.74) is 4.22. The van der Waals surface area contributed by atoms with Crippen LogP contribution in [0, 0.1) is 18.3 Å². The van der Waals surface area contributed by atoms with E-state index >= 15 is 0 Å². The van der Waals surface area contributed by atoms with E-state index in [-0.39, 0.29) is 18.2 Å². The molecule has 0 saturated carbocycles. The predicted octanol–water partition coefficient (Wildman–Crippen LogP) is 3.17. The zero-order valence-corrected chi connectivity index (χ0v) is 15.2. The number of nitrogens with zero attached hydrogens (tertiary/aromatic N) is 3. The molecule has 1 aliphatic carbocycles. The first kappa shape index (κ1) is 16.8. The first-order valence-electron chi connectivity index (χ1n) is 8.60. The third-order valence-electron chi connectivity index (χ3n) is 4.76. The second-order valence-corrected chi connectivity index (χ2v) is 7.82. The summed E-state index contributed by atoms with van der Waals surface area (Å²) < 4.78 is 0. The standard InChI is InChI=1S/C20H17N3O2S/c1-12-4-2-6-15(8-12)23-18(24)10-17(20(23)25)26-19-14(11-21)9-13-5-3-7-16(13)22-19/h2,4,6,8-9,17H,3,5,7,10H2,1H3/t17-/m1/s1. The number of pyridine rings is 1. The molecule has 6 heteroatoms. The van der Waals surface area contributed by atoms with Crippen LogP contribution in [0.5, 0.6) is 0 Å². The van der Waals surface area contributed by atoms with Gasteiger partial charge in [0.2, 0.25) is 11.8 Å². The van der Waals surface area contributed by atoms with E-state index in [1.165, 1.54) is 16.7 Å². The number of imide groups is 1. The summed E-state index contributed by atoms with van der Waals surface area (Å²) in [7, 11) is 0. The van der Waals surface area contributed by atoms with Crippen molar-refractivity contribution in [2.75, 3.05) is 4.90 Å². The summed E-state index contributed by atoms with van der Waals surface area (Å²) in [5, 5.41) is 9.46. The van der Waals surface area contributed by atoms with Crippen molar-refractivity contribution in [1.82, 2.24) is 4.98 Å². The Bertz CT molecular complexity index is 964. The topological polar surface area (TPSA) is 74.1 Å². The van der Waals surface area contributed by atoms with E-state index in [2.05, 4.69) is 11.1 Å². The summed E-state index contributed by atoms with van der Waals surface area (Å²) in [4.78, 5) is 31.2. The average molecular weight is 363 g/mol. The van der Waals surface area contributed by atoms with Crippen molar-refractivity contribution >= 4 is 29.3 Å². The molecule has 130 valence electrons. The second-order valence-electron chi connectivity index (χ2n) is 6.63. The third-order valence-corrected chi connectivity index (χ3v) is 5.94. The predicted molar refractivity (Wildman–Crippen MR) is 98.9 cm³/mol. The molecule has 2 aliphatic rings. The lowest BCUT2D eigenvalue weighted by Gasteiger charge is -2.15. The number of rotatable bonds is 3. The number of carbonyl (C=O) groups is 2. The lowest BCUT2D eigenvalue weighted by atomic mass is 10.2. The van der Waals surface area contributed by atoms with Crippen LogP contribution in [-0.2, 0) is 22.4 Å². The number of benzene rings is 1. The van der Waals surface area contributed by atoms with Gasteiger partial charge in [-0.25, -0.2) is 9.88 Å². The van der Waals surface area contributed by atoms with Crippen LogP contribution in [0.4, 0.5) is 5.69 Å². The number of nitriles is 1. The van der Waals surface area contributed by atoms with Gasteiger partial charge in [-0.2, -0.15) is 5.26 Å². The van der Waals surface area contributed by atoms with Crippen molar-refractivity contribution in [3.8, 4) is 6.07 Å². The van der Waals surface area contributed by atoms with Gasteiger partial charge in [0.05, 0.1) is 16.5 Å². The van der Waals surface area contributed by atoms with E-state index in [1.807, 2.05) is 31.2 Å². The summed E-state index contributed by atoms with van der Waals surface area (Å²) in [6.45, 7) is 1.93. The molecule has 2 heterocycles. The van der Waals surface area contributed by atoms with Crippen LogP contribution in [0.15, 0.2) is 35.4 Å². The molecule has 1 aromatic carbocycles. The molecule has 1 saturated heterocycles. The first-order valence-corrected chi connectivity index (χ1v) is 9.48. The Morgan fingerprint density at radius 2 is 2.12 bits per heavy atom. The Morgan fingerprint density at radius 3 is 2.88 bits per heavy atom. The van der Waals surface area contributed by atoms with Crippen molar-refractivity contribution in [2.24, 2.45) is 0 Å². The fraction of sp³-hybridized carbons (Fsp3) is 0.300. The summed E-state index contributed by atoms with van der Waals surface area (Å²) in [6, 6.07) is 11.4. The van der Waals surface area contributed by atoms with Gasteiger partial charge in [-0.15, -0.1) is 0 Å². The highest BCUT2D eigenvalue weighted by Gasteiger charge is 2.40. The molecular formula is C20H17N3O2S. The fourth-order valence-electron chi connectivity index (χ4n) is 3.49. The highest BCUT2D eigenvalue weighted by atomic mass is 32.2. The van der Waals surface area contributed by atoms with E-state index in [0.29, 0.717) is 16.3 Å². The number of anilines is 1. The largest absolute Gasteiger partial charge is 0.274 e. The molecule has 5 nitrogen and oxygen atoms in total. The Labute approximate surface area is 156 Å². The molecular weight excluding hydrogens is 346 g/mol. The Morgan fingerprint density at radius 1 is 1.27 bits per heavy atom. The molecule has 1 aromatic heterocycles. The van der Waals surface area contributed by atoms with Crippen LogP contribution in [0.1, 0.15) is 35.2 Å². The molecule has 0 spiro atoms. The molecule has 26 heavy (non-hydrogen) atoms. The summed E-state index contributed by atoms with van der Waals surface area (Å²) >= 11 is 1.24. The maximum atomic E-state index is 12.8. The lowest BCUT2D eigenvalue weighted by molar-refractivity contribution is -0.121. The van der Waals surface area contributed by atoms with E-state index in [4.69, 9.17) is 0 Å². The molecule has 1 aliphatic heterocycles. The zero-order chi connectivity index (χ0) is 18.3. The Kier molecular flexibility index (Phi) is 4.25. The molecule has 1 atom stereocenters. The summed E-state index contributed by atoms with van der Waals surface area (Å²) in [5.74, 6) is -0.449. The van der Waals surface area contributed by atoms with E-state index in [1.54, 1.807) is 6.07 Å². The normalized spacial score (nSPS) is 18.9. The van der Waals surface area contributed by atoms with Crippen LogP contribution < -0.4 is 4.90 Å². The molecule has 0 N–H and O–H groups in total. The molecule has 0 radical (unpaired) electrons. The number of aryl methyl sites for hydroxylation is 3. The number of hydrogen-bond donors (Lipinski definition) is 0. The third kappa shape index (κ3) is 2.89. The lowest BCUT2D eigenvalue weighted by Crippen LogP contribution is -2.31. The molecule has 0 unspecified atom stereocenters. The molecule has 4 rings (SSSR count). The maximum absolute atomic E-state index is 12.8. The fourth-order valence-corrected chi connectivity index (χ4v) is 4.59. The van der Waals surface area contributed by atoms with Gasteiger partial charge in [-0.3, -0.25) is 9.59 Å². The van der Waals surface area contributed by atoms with Gasteiger partial charge in [0.1, 0.15) is 11.1 Å². The number of hydrogen-bond acceptors (Lipinski definition) is 5. The maximum Gasteiger partial charge on any atom is 0.247 e. The minimum absolute atomic E-state index is 0.126. The first-order chi connectivity index (χ1) is 12.6. The number of aromatic nitrogens is 1. The van der Waals surface area contributed by atoms with Gasteiger partial charge in [0.15, 0.2) is 0 Å². The quantitative estimate of drug-likeness (QED) is 0.783. The smallest absolute Gasteiger partial charge is 0.247 e. The van der Waals surface area contributed by atoms with Crippen molar-refractivity contribution in [2.45, 2.75) is 42.9 Å². The van der Waals surface area contributed by atoms with Crippen LogP contribution in [-0.4, -0.2) is 22.0 Å². The van der Waals surface area contributed by atoms with Crippen LogP contribution in [0.2, 0.25) is 0 Å². The summed E-state index contributed by atoms with van der Waals surface area (Å²) in [6.07, 6.45) is 3.02. The van der Waals surface area contributed by atoms with E-state index in [0.717, 1.165) is 36.1 Å². The van der Waals surface area contributed by atoms with Gasteiger partial charge in [0.25, 0.3) is 0 Å². The average Bonchev–Trinajstić information content (AvgIpc) is 3.18. The minimum atomic E-state index is -0.540. The van der Waals surface area contributed by atoms with E-state index in [9.17, 15) is 14.9 Å². The highest BCUT2D eigenvalue weighted by Crippen LogP contribution is 2.36. The van der Waals surface area contributed by atoms with Crippen LogP contribution >= 0.6 is 11.8 Å². The minimum Gasteiger partial charge on any atom is -0.274 e. The number of amides is 2. The zero-order valence-electron chi connectivity index (χ0n) is 14.4. The molecule has 2 amide bonds. The number of fused-ring (bicyclic) bond motifs is 1. The second kappa shape index (κ2) is 6.58. The van der Waals surface area contributed by atoms with Crippen molar-refractivity contribution in [3.05, 3.63) is 52.7 Å². The molecule has 1 fully saturated rings. The van der Waals surface area contributed by atoms with Gasteiger partial charge in [-0.05, 0) is 55.5 Å². The molecule has 2 aromatic rings. The van der Waals surface area contributed by atoms with Crippen molar-refractivity contribution in [1.29, 1.82) is 5.26 Å². The van der Waals surface area contributed by atoms with Gasteiger partial charge in [-0.1, -0.05) is 23.9 Å². The molecule has 0 bridgehead atoms. The Balaban J connectivity index is 1.62.